The van der Waals surface area contributed by atoms with Gasteiger partial charge in [-0.05, 0) is 145 Å². The van der Waals surface area contributed by atoms with Gasteiger partial charge in [0.05, 0.1) is 54.5 Å². The molecule has 30 aromatic rings. The van der Waals surface area contributed by atoms with E-state index in [-0.39, 0.29) is 0 Å². The summed E-state index contributed by atoms with van der Waals surface area (Å²) in [6.45, 7) is 0. The van der Waals surface area contributed by atoms with E-state index in [4.69, 9.17) is 43.2 Å². The number of fused-ring (bicyclic) bond motifs is 26. The van der Waals surface area contributed by atoms with Crippen LogP contribution < -0.4 is 0 Å². The molecule has 0 saturated carbocycles. The average molecular weight is 1810 g/mol. The molecule has 10 aromatic heterocycles. The molecular formula is C126H74N10O3S. The van der Waals surface area contributed by atoms with E-state index in [9.17, 15) is 0 Å². The fraction of sp³-hybridized carbons (Fsp3) is 0. The molecule has 0 bridgehead atoms. The lowest BCUT2D eigenvalue weighted by Gasteiger charge is -2.10. The second kappa shape index (κ2) is 31.4. The van der Waals surface area contributed by atoms with Crippen LogP contribution in [0.15, 0.2) is 462 Å². The van der Waals surface area contributed by atoms with Gasteiger partial charge in [0.2, 0.25) is 0 Å². The third-order valence-corrected chi connectivity index (χ3v) is 29.2. The van der Waals surface area contributed by atoms with E-state index in [1.54, 1.807) is 11.3 Å². The van der Waals surface area contributed by atoms with Gasteiger partial charge in [0.15, 0.2) is 46.1 Å². The predicted octanol–water partition coefficient (Wildman–Crippen LogP) is 33.5. The Morgan fingerprint density at radius 2 is 0.500 bits per heavy atom. The monoisotopic (exact) mass is 1810 g/mol. The fourth-order valence-corrected chi connectivity index (χ4v) is 23.0. The van der Waals surface area contributed by atoms with Crippen LogP contribution in [0.3, 0.4) is 0 Å². The molecule has 10 heterocycles. The van der Waals surface area contributed by atoms with Gasteiger partial charge in [0.25, 0.3) is 0 Å². The van der Waals surface area contributed by atoms with Crippen molar-refractivity contribution in [1.29, 1.82) is 0 Å². The first-order chi connectivity index (χ1) is 69.4. The van der Waals surface area contributed by atoms with Gasteiger partial charge in [-0.25, -0.2) is 29.9 Å². The van der Waals surface area contributed by atoms with Crippen LogP contribution in [0.2, 0.25) is 0 Å². The molecule has 652 valence electrons. The van der Waals surface area contributed by atoms with E-state index >= 15 is 0 Å². The maximum atomic E-state index is 7.16. The van der Waals surface area contributed by atoms with Gasteiger partial charge in [0, 0.05) is 152 Å². The van der Waals surface area contributed by atoms with Crippen LogP contribution in [0.5, 0.6) is 0 Å². The van der Waals surface area contributed by atoms with Gasteiger partial charge >= 0.3 is 0 Å². The van der Waals surface area contributed by atoms with Gasteiger partial charge in [-0.15, -0.1) is 11.3 Å². The number of hydrogen-bond donors (Lipinski definition) is 0. The molecular weight excluding hydrogens is 1730 g/mol. The average Bonchev–Trinajstić information content (AvgIpc) is 1.56. The highest BCUT2D eigenvalue weighted by molar-refractivity contribution is 7.26. The number of furan rings is 3. The quantitative estimate of drug-likeness (QED) is 0.117. The first-order valence-corrected chi connectivity index (χ1v) is 47.8. The zero-order valence-electron chi connectivity index (χ0n) is 74.8. The van der Waals surface area contributed by atoms with Crippen molar-refractivity contribution in [3.05, 3.63) is 449 Å². The molecule has 13 nitrogen and oxygen atoms in total. The maximum absolute atomic E-state index is 7.16. The SMILES string of the molecule is c1ccc(-c2nc(-c3ccccc3)nc(-c3ccc4oc5ccc(-n6c7ccccc7c7cc(-c8cccc9c8oc8c9ccc9c%10ccccc%10n(-c%10ccccc%10)c98)ccc76)cc5c4c3)n2)cc1.c1ccc(-c2nc(-c3ccccc3)nc(-c3cccc4c3sc3c(-n5c6ccccc6c6cc(-c7cccc8c7oc7c8ccc8c9ccccc9n(-c9ccccc9)c87)ccc65)cccc34)n2)cc1. The lowest BCUT2D eigenvalue weighted by molar-refractivity contribution is 0.669. The lowest BCUT2D eigenvalue weighted by atomic mass is 10.00. The van der Waals surface area contributed by atoms with Crippen molar-refractivity contribution in [2.45, 2.75) is 0 Å². The highest BCUT2D eigenvalue weighted by atomic mass is 32.1. The molecule has 0 amide bonds. The molecule has 0 aliphatic rings. The number of benzene rings is 20. The van der Waals surface area contributed by atoms with Crippen LogP contribution in [0.1, 0.15) is 0 Å². The Hall–Kier alpha value is -18.8. The van der Waals surface area contributed by atoms with E-state index in [1.807, 2.05) is 109 Å². The molecule has 0 atom stereocenters. The maximum Gasteiger partial charge on any atom is 0.165 e. The number of nitrogens with zero attached hydrogens (tertiary/aromatic N) is 10. The number of hydrogen-bond acceptors (Lipinski definition) is 10. The number of thiophene rings is 1. The van der Waals surface area contributed by atoms with Crippen molar-refractivity contribution in [3.8, 4) is 113 Å². The molecule has 0 saturated heterocycles. The molecule has 14 heteroatoms. The highest BCUT2D eigenvalue weighted by Gasteiger charge is 2.28. The highest BCUT2D eigenvalue weighted by Crippen LogP contribution is 2.50. The van der Waals surface area contributed by atoms with Crippen LogP contribution in [0.25, 0.3) is 287 Å². The minimum Gasteiger partial charge on any atom is -0.456 e. The normalized spacial score (nSPS) is 12.0. The molecule has 0 radical (unpaired) electrons. The van der Waals surface area contributed by atoms with E-state index in [1.165, 1.54) is 53.2 Å². The third kappa shape index (κ3) is 12.4. The lowest BCUT2D eigenvalue weighted by Crippen LogP contribution is -2.00. The van der Waals surface area contributed by atoms with Crippen molar-refractivity contribution in [3.63, 3.8) is 0 Å². The largest absolute Gasteiger partial charge is 0.456 e. The van der Waals surface area contributed by atoms with Crippen LogP contribution in [0.4, 0.5) is 0 Å². The Bertz CT molecular complexity index is 10200. The summed E-state index contributed by atoms with van der Waals surface area (Å²) in [6, 6.07) is 158. The Morgan fingerprint density at radius 1 is 0.171 bits per heavy atom. The van der Waals surface area contributed by atoms with E-state index in [2.05, 4.69) is 358 Å². The molecule has 0 unspecified atom stereocenters. The van der Waals surface area contributed by atoms with E-state index in [0.29, 0.717) is 34.9 Å². The first-order valence-electron chi connectivity index (χ1n) is 47.0. The van der Waals surface area contributed by atoms with Crippen LogP contribution in [0, 0.1) is 0 Å². The van der Waals surface area contributed by atoms with Crippen molar-refractivity contribution in [2.75, 3.05) is 0 Å². The number of aromatic nitrogens is 10. The standard InChI is InChI=1S/C63H37N5O2.C63H37N5OS/c1-4-15-38(16-5-1)61-64-62(39-17-6-2-7-18-39)66-63(65-61)41-28-33-56-51(36-41)52-37-43(29-34-57(52)69-56)67-53-25-12-11-22-46(53)50-35-40(27-32-55(50)67)44-23-14-24-48-49-31-30-47-45-21-10-13-26-54(45)68(42-19-8-3-9-20-42)58(47)60(49)70-59(44)48;1-4-17-38(18-5-1)61-64-62(39-19-6-2-7-20-39)66-63(65-61)50-29-15-27-48-49-28-16-32-55(60(49)70-59(48)50)68-53-31-13-11-24-44(53)51-37-40(33-36-54(51)68)42-25-14-26-46-47-35-34-45-43-23-10-12-30-52(43)67(41-21-8-3-9-22-41)56(45)58(47)69-57(42)46/h2*1-37H. The molecule has 0 aliphatic carbocycles. The number of para-hydroxylation sites is 8. The van der Waals surface area contributed by atoms with Gasteiger partial charge in [-0.3, -0.25) is 0 Å². The van der Waals surface area contributed by atoms with Crippen molar-refractivity contribution >= 4 is 185 Å². The Labute approximate surface area is 802 Å². The van der Waals surface area contributed by atoms with Gasteiger partial charge < -0.3 is 31.5 Å². The smallest absolute Gasteiger partial charge is 0.165 e. The van der Waals surface area contributed by atoms with Gasteiger partial charge in [-0.2, -0.15) is 0 Å². The zero-order chi connectivity index (χ0) is 91.7. The van der Waals surface area contributed by atoms with Gasteiger partial charge in [0.1, 0.15) is 22.3 Å². The predicted molar refractivity (Wildman–Crippen MR) is 575 cm³/mol. The molecule has 20 aromatic carbocycles. The minimum atomic E-state index is 0.597. The summed E-state index contributed by atoms with van der Waals surface area (Å²) < 4.78 is 32.6. The Balaban J connectivity index is 0.000000134. The van der Waals surface area contributed by atoms with Gasteiger partial charge in [-0.1, -0.05) is 315 Å². The first kappa shape index (κ1) is 78.7. The summed E-state index contributed by atoms with van der Waals surface area (Å²) in [5.41, 5.74) is 28.4. The molecule has 0 aliphatic heterocycles. The van der Waals surface area contributed by atoms with Crippen molar-refractivity contribution in [1.82, 2.24) is 48.2 Å². The molecule has 0 N–H and O–H groups in total. The summed E-state index contributed by atoms with van der Waals surface area (Å²) in [5.74, 6) is 3.79. The second-order valence-corrected chi connectivity index (χ2v) is 36.8. The summed E-state index contributed by atoms with van der Waals surface area (Å²) in [7, 11) is 0. The molecule has 140 heavy (non-hydrogen) atoms. The zero-order valence-corrected chi connectivity index (χ0v) is 75.6. The van der Waals surface area contributed by atoms with Crippen molar-refractivity contribution < 1.29 is 13.3 Å². The Morgan fingerprint density at radius 3 is 0.979 bits per heavy atom. The van der Waals surface area contributed by atoms with Crippen LogP contribution >= 0.6 is 11.3 Å². The Kier molecular flexibility index (Phi) is 17.7. The molecule has 0 fully saturated rings. The summed E-state index contributed by atoms with van der Waals surface area (Å²) in [5, 5.41) is 18.2. The van der Waals surface area contributed by atoms with Crippen LogP contribution in [-0.2, 0) is 0 Å². The van der Waals surface area contributed by atoms with Crippen LogP contribution in [-0.4, -0.2) is 48.2 Å². The molecule has 30 rings (SSSR count). The summed E-state index contributed by atoms with van der Waals surface area (Å²) in [4.78, 5) is 30.2. The third-order valence-electron chi connectivity index (χ3n) is 27.9. The van der Waals surface area contributed by atoms with E-state index in [0.717, 1.165) is 198 Å². The number of rotatable bonds is 12. The minimum absolute atomic E-state index is 0.597. The molecule has 0 spiro atoms. The second-order valence-electron chi connectivity index (χ2n) is 35.8. The summed E-state index contributed by atoms with van der Waals surface area (Å²) in [6.07, 6.45) is 0. The summed E-state index contributed by atoms with van der Waals surface area (Å²) >= 11 is 1.80. The van der Waals surface area contributed by atoms with Crippen molar-refractivity contribution in [2.24, 2.45) is 0 Å². The fourth-order valence-electron chi connectivity index (χ4n) is 21.6. The van der Waals surface area contributed by atoms with E-state index < -0.39 is 0 Å². The topological polar surface area (TPSA) is 136 Å².